The Morgan fingerprint density at radius 2 is 2.33 bits per heavy atom. The maximum absolute atomic E-state index is 8.46. The predicted octanol–water partition coefficient (Wildman–Crippen LogP) is -0.130. The normalized spacial score (nSPS) is 10.2. The number of aliphatic hydroxyl groups excluding tert-OH is 1. The van der Waals surface area contributed by atoms with Gasteiger partial charge in [-0.2, -0.15) is 0 Å². The van der Waals surface area contributed by atoms with Crippen molar-refractivity contribution in [3.05, 3.63) is 12.5 Å². The number of hydrogen-bond donors (Lipinski definition) is 3. The maximum Gasteiger partial charge on any atom is 0.152 e. The van der Waals surface area contributed by atoms with Gasteiger partial charge in [-0.25, -0.2) is 9.97 Å². The Hall–Kier alpha value is -1.40. The Kier molecular flexibility index (Phi) is 5.42. The van der Waals surface area contributed by atoms with Crippen LogP contribution in [-0.2, 0) is 4.74 Å². The lowest BCUT2D eigenvalue weighted by molar-refractivity contribution is 0.0922. The third-order valence-corrected chi connectivity index (χ3v) is 1.73. The molecule has 0 aromatic carbocycles. The molecular formula is C9H16N4O2. The Morgan fingerprint density at radius 1 is 1.47 bits per heavy atom. The molecular weight excluding hydrogens is 196 g/mol. The van der Waals surface area contributed by atoms with E-state index in [1.54, 1.807) is 6.20 Å². The number of hydrogen-bond acceptors (Lipinski definition) is 6. The molecule has 1 aromatic rings. The van der Waals surface area contributed by atoms with Gasteiger partial charge in [-0.15, -0.1) is 0 Å². The van der Waals surface area contributed by atoms with Crippen LogP contribution in [0.3, 0.4) is 0 Å². The fourth-order valence-corrected chi connectivity index (χ4v) is 1.04. The van der Waals surface area contributed by atoms with Gasteiger partial charge in [0.1, 0.15) is 6.33 Å². The minimum atomic E-state index is 0.0618. The van der Waals surface area contributed by atoms with E-state index in [0.29, 0.717) is 24.7 Å². The Balaban J connectivity index is 2.12. The summed E-state index contributed by atoms with van der Waals surface area (Å²) in [7, 11) is 0. The Morgan fingerprint density at radius 3 is 3.07 bits per heavy atom. The molecule has 1 rings (SSSR count). The molecule has 0 atom stereocenters. The van der Waals surface area contributed by atoms with E-state index in [9.17, 15) is 0 Å². The highest BCUT2D eigenvalue weighted by Crippen LogP contribution is 2.10. The summed E-state index contributed by atoms with van der Waals surface area (Å²) < 4.78 is 5.10. The van der Waals surface area contributed by atoms with E-state index in [0.717, 1.165) is 13.0 Å². The van der Waals surface area contributed by atoms with Gasteiger partial charge in [0.15, 0.2) is 5.82 Å². The van der Waals surface area contributed by atoms with Gasteiger partial charge in [0.25, 0.3) is 0 Å². The second kappa shape index (κ2) is 6.97. The van der Waals surface area contributed by atoms with E-state index in [-0.39, 0.29) is 6.61 Å². The zero-order valence-corrected chi connectivity index (χ0v) is 8.52. The van der Waals surface area contributed by atoms with E-state index in [1.165, 1.54) is 6.33 Å². The van der Waals surface area contributed by atoms with Crippen LogP contribution in [0.25, 0.3) is 0 Å². The van der Waals surface area contributed by atoms with Gasteiger partial charge in [0.2, 0.25) is 0 Å². The van der Waals surface area contributed by atoms with E-state index < -0.39 is 0 Å². The van der Waals surface area contributed by atoms with Crippen molar-refractivity contribution < 1.29 is 9.84 Å². The van der Waals surface area contributed by atoms with E-state index >= 15 is 0 Å². The SMILES string of the molecule is Nc1cncnc1NCCCOCCO. The summed E-state index contributed by atoms with van der Waals surface area (Å²) in [6.07, 6.45) is 3.84. The molecule has 84 valence electrons. The standard InChI is InChI=1S/C9H16N4O2/c10-8-6-11-7-13-9(8)12-2-1-4-15-5-3-14/h6-7,14H,1-5,10H2,(H,11,12,13). The second-order valence-corrected chi connectivity index (χ2v) is 2.94. The first-order chi connectivity index (χ1) is 7.34. The molecule has 0 aliphatic carbocycles. The zero-order chi connectivity index (χ0) is 10.9. The largest absolute Gasteiger partial charge is 0.394 e. The molecule has 0 aliphatic heterocycles. The number of ether oxygens (including phenoxy) is 1. The second-order valence-electron chi connectivity index (χ2n) is 2.94. The van der Waals surface area contributed by atoms with Crippen LogP contribution in [0.5, 0.6) is 0 Å². The first-order valence-electron chi connectivity index (χ1n) is 4.82. The van der Waals surface area contributed by atoms with Gasteiger partial charge < -0.3 is 20.9 Å². The molecule has 0 aliphatic rings. The van der Waals surface area contributed by atoms with Crippen molar-refractivity contribution in [2.75, 3.05) is 37.4 Å². The molecule has 1 heterocycles. The van der Waals surface area contributed by atoms with E-state index in [1.807, 2.05) is 0 Å². The predicted molar refractivity (Wildman–Crippen MR) is 57.5 cm³/mol. The molecule has 1 aromatic heterocycles. The summed E-state index contributed by atoms with van der Waals surface area (Å²) in [4.78, 5) is 7.77. The summed E-state index contributed by atoms with van der Waals surface area (Å²) in [5.74, 6) is 0.646. The molecule has 0 unspecified atom stereocenters. The summed E-state index contributed by atoms with van der Waals surface area (Å²) >= 11 is 0. The molecule has 15 heavy (non-hydrogen) atoms. The highest BCUT2D eigenvalue weighted by atomic mass is 16.5. The van der Waals surface area contributed by atoms with Crippen LogP contribution in [0, 0.1) is 0 Å². The fourth-order valence-electron chi connectivity index (χ4n) is 1.04. The molecule has 0 saturated heterocycles. The number of nitrogens with one attached hydrogen (secondary N) is 1. The van der Waals surface area contributed by atoms with Crippen LogP contribution in [0.15, 0.2) is 12.5 Å². The van der Waals surface area contributed by atoms with Gasteiger partial charge in [0, 0.05) is 13.2 Å². The van der Waals surface area contributed by atoms with Gasteiger partial charge in [-0.3, -0.25) is 0 Å². The molecule has 6 nitrogen and oxygen atoms in total. The maximum atomic E-state index is 8.46. The highest BCUT2D eigenvalue weighted by molar-refractivity contribution is 5.58. The van der Waals surface area contributed by atoms with Crippen molar-refractivity contribution in [3.8, 4) is 0 Å². The van der Waals surface area contributed by atoms with Gasteiger partial charge in [-0.1, -0.05) is 0 Å². The van der Waals surface area contributed by atoms with E-state index in [2.05, 4.69) is 15.3 Å². The average Bonchev–Trinajstić information content (AvgIpc) is 2.25. The van der Waals surface area contributed by atoms with Crippen molar-refractivity contribution in [1.82, 2.24) is 9.97 Å². The first-order valence-corrected chi connectivity index (χ1v) is 4.82. The number of rotatable bonds is 7. The molecule has 0 bridgehead atoms. The Bertz CT molecular complexity index is 283. The summed E-state index contributed by atoms with van der Waals surface area (Å²) in [6.45, 7) is 1.78. The molecule has 0 radical (unpaired) electrons. The number of anilines is 2. The van der Waals surface area contributed by atoms with Gasteiger partial charge in [-0.05, 0) is 6.42 Å². The summed E-state index contributed by atoms with van der Waals surface area (Å²) in [5, 5.41) is 11.5. The molecule has 0 spiro atoms. The van der Waals surface area contributed by atoms with Crippen molar-refractivity contribution in [2.24, 2.45) is 0 Å². The van der Waals surface area contributed by atoms with Crippen molar-refractivity contribution in [3.63, 3.8) is 0 Å². The average molecular weight is 212 g/mol. The first kappa shape index (κ1) is 11.7. The topological polar surface area (TPSA) is 93.3 Å². The monoisotopic (exact) mass is 212 g/mol. The molecule has 4 N–H and O–H groups in total. The molecule has 6 heteroatoms. The van der Waals surface area contributed by atoms with E-state index in [4.69, 9.17) is 15.6 Å². The minimum absolute atomic E-state index is 0.0618. The fraction of sp³-hybridized carbons (Fsp3) is 0.556. The number of nitrogen functional groups attached to an aromatic ring is 1. The number of aromatic nitrogens is 2. The smallest absolute Gasteiger partial charge is 0.152 e. The van der Waals surface area contributed by atoms with Gasteiger partial charge >= 0.3 is 0 Å². The number of nitrogens with zero attached hydrogens (tertiary/aromatic N) is 2. The van der Waals surface area contributed by atoms with Gasteiger partial charge in [0.05, 0.1) is 25.1 Å². The molecule has 0 amide bonds. The van der Waals surface area contributed by atoms with Crippen molar-refractivity contribution in [2.45, 2.75) is 6.42 Å². The molecule has 0 saturated carbocycles. The lowest BCUT2D eigenvalue weighted by Crippen LogP contribution is -2.10. The van der Waals surface area contributed by atoms with Crippen LogP contribution >= 0.6 is 0 Å². The lowest BCUT2D eigenvalue weighted by Gasteiger charge is -2.07. The minimum Gasteiger partial charge on any atom is -0.394 e. The number of nitrogens with two attached hydrogens (primary N) is 1. The van der Waals surface area contributed by atoms with Crippen LogP contribution in [0.4, 0.5) is 11.5 Å². The highest BCUT2D eigenvalue weighted by Gasteiger charge is 1.97. The number of aliphatic hydroxyl groups is 1. The van der Waals surface area contributed by atoms with Crippen LogP contribution in [-0.4, -0.2) is 41.4 Å². The molecule has 0 fully saturated rings. The van der Waals surface area contributed by atoms with Crippen LogP contribution < -0.4 is 11.1 Å². The van der Waals surface area contributed by atoms with Crippen molar-refractivity contribution >= 4 is 11.5 Å². The lowest BCUT2D eigenvalue weighted by atomic mass is 10.4. The van der Waals surface area contributed by atoms with Crippen LogP contribution in [0.1, 0.15) is 6.42 Å². The quantitative estimate of drug-likeness (QED) is 0.545. The van der Waals surface area contributed by atoms with Crippen LogP contribution in [0.2, 0.25) is 0 Å². The van der Waals surface area contributed by atoms with Crippen molar-refractivity contribution in [1.29, 1.82) is 0 Å². The third kappa shape index (κ3) is 4.57. The Labute approximate surface area is 88.5 Å². The third-order valence-electron chi connectivity index (χ3n) is 1.73. The zero-order valence-electron chi connectivity index (χ0n) is 8.52. The summed E-state index contributed by atoms with van der Waals surface area (Å²) in [6, 6.07) is 0. The summed E-state index contributed by atoms with van der Waals surface area (Å²) in [5.41, 5.74) is 6.17.